The molecule has 0 spiro atoms. The van der Waals surface area contributed by atoms with Crippen molar-refractivity contribution in [2.24, 2.45) is 5.92 Å². The lowest BCUT2D eigenvalue weighted by atomic mass is 9.76. The van der Waals surface area contributed by atoms with E-state index in [0.29, 0.717) is 6.54 Å². The SMILES string of the molecule is C=C1CCCN1C1c2cc(C)ccc2OC(C)(C)C1CN(C(C)=O)C(C)C. The molecule has 27 heavy (non-hydrogen) atoms. The number of amides is 1. The van der Waals surface area contributed by atoms with E-state index < -0.39 is 0 Å². The summed E-state index contributed by atoms with van der Waals surface area (Å²) in [7, 11) is 0. The van der Waals surface area contributed by atoms with E-state index >= 15 is 0 Å². The molecule has 0 aromatic heterocycles. The minimum absolute atomic E-state index is 0.120. The Morgan fingerprint density at radius 1 is 1.41 bits per heavy atom. The average molecular weight is 371 g/mol. The van der Waals surface area contributed by atoms with Crippen LogP contribution in [0.1, 0.15) is 64.6 Å². The molecule has 1 saturated heterocycles. The van der Waals surface area contributed by atoms with Crippen LogP contribution in [-0.4, -0.2) is 40.4 Å². The lowest BCUT2D eigenvalue weighted by Gasteiger charge is -2.50. The van der Waals surface area contributed by atoms with Crippen LogP contribution in [-0.2, 0) is 4.79 Å². The van der Waals surface area contributed by atoms with Crippen LogP contribution >= 0.6 is 0 Å². The first-order chi connectivity index (χ1) is 12.6. The van der Waals surface area contributed by atoms with Crippen LogP contribution < -0.4 is 4.74 Å². The third-order valence-corrected chi connectivity index (χ3v) is 6.16. The Bertz CT molecular complexity index is 738. The van der Waals surface area contributed by atoms with Gasteiger partial charge in [0.2, 0.25) is 5.91 Å². The van der Waals surface area contributed by atoms with Gasteiger partial charge in [-0.15, -0.1) is 0 Å². The highest BCUT2D eigenvalue weighted by Gasteiger charge is 2.48. The summed E-state index contributed by atoms with van der Waals surface area (Å²) in [4.78, 5) is 16.8. The first-order valence-electron chi connectivity index (χ1n) is 10.1. The molecule has 1 fully saturated rings. The van der Waals surface area contributed by atoms with Crippen molar-refractivity contribution in [2.45, 2.75) is 72.1 Å². The van der Waals surface area contributed by atoms with Crippen molar-refractivity contribution in [3.63, 3.8) is 0 Å². The number of carbonyl (C=O) groups is 1. The number of carbonyl (C=O) groups excluding carboxylic acids is 1. The number of likely N-dealkylation sites (tertiary alicyclic amines) is 1. The molecule has 2 aliphatic heterocycles. The molecule has 0 aliphatic carbocycles. The van der Waals surface area contributed by atoms with E-state index in [-0.39, 0.29) is 29.5 Å². The fourth-order valence-electron chi connectivity index (χ4n) is 4.66. The molecule has 2 aliphatic rings. The minimum Gasteiger partial charge on any atom is -0.487 e. The molecule has 0 N–H and O–H groups in total. The van der Waals surface area contributed by atoms with Crippen LogP contribution in [0.5, 0.6) is 5.75 Å². The Morgan fingerprint density at radius 3 is 2.67 bits per heavy atom. The van der Waals surface area contributed by atoms with Crippen molar-refractivity contribution >= 4 is 5.91 Å². The molecule has 1 amide bonds. The van der Waals surface area contributed by atoms with Crippen LogP contribution in [0.25, 0.3) is 0 Å². The van der Waals surface area contributed by atoms with E-state index in [1.165, 1.54) is 16.8 Å². The average Bonchev–Trinajstić information content (AvgIpc) is 2.97. The summed E-state index contributed by atoms with van der Waals surface area (Å²) in [6.07, 6.45) is 2.19. The lowest BCUT2D eigenvalue weighted by Crippen LogP contribution is -2.54. The molecule has 1 aromatic rings. The summed E-state index contributed by atoms with van der Waals surface area (Å²) < 4.78 is 6.48. The van der Waals surface area contributed by atoms with Crippen LogP contribution in [0.4, 0.5) is 0 Å². The van der Waals surface area contributed by atoms with Crippen LogP contribution in [0.2, 0.25) is 0 Å². The van der Waals surface area contributed by atoms with Gasteiger partial charge in [-0.05, 0) is 53.5 Å². The topological polar surface area (TPSA) is 32.8 Å². The first-order valence-corrected chi connectivity index (χ1v) is 10.1. The zero-order chi connectivity index (χ0) is 19.9. The Balaban J connectivity index is 2.09. The van der Waals surface area contributed by atoms with Crippen LogP contribution in [0, 0.1) is 12.8 Å². The molecule has 0 radical (unpaired) electrons. The van der Waals surface area contributed by atoms with E-state index in [9.17, 15) is 4.79 Å². The number of aryl methyl sites for hydroxylation is 1. The molecule has 2 heterocycles. The molecule has 2 unspecified atom stereocenters. The van der Waals surface area contributed by atoms with Crippen molar-refractivity contribution in [2.75, 3.05) is 13.1 Å². The molecule has 1 aromatic carbocycles. The second kappa shape index (κ2) is 7.21. The largest absolute Gasteiger partial charge is 0.487 e. The van der Waals surface area contributed by atoms with Gasteiger partial charge in [-0.1, -0.05) is 24.3 Å². The zero-order valence-corrected chi connectivity index (χ0v) is 17.7. The number of hydrogen-bond acceptors (Lipinski definition) is 3. The number of fused-ring (bicyclic) bond motifs is 1. The van der Waals surface area contributed by atoms with E-state index in [1.807, 2.05) is 4.90 Å². The van der Waals surface area contributed by atoms with Gasteiger partial charge in [-0.25, -0.2) is 0 Å². The Labute approximate surface area is 164 Å². The highest BCUT2D eigenvalue weighted by Crippen LogP contribution is 2.49. The third-order valence-electron chi connectivity index (χ3n) is 6.16. The summed E-state index contributed by atoms with van der Waals surface area (Å²) in [5, 5.41) is 0. The van der Waals surface area contributed by atoms with Gasteiger partial charge < -0.3 is 14.5 Å². The molecular formula is C23H34N2O2. The maximum absolute atomic E-state index is 12.3. The third kappa shape index (κ3) is 3.71. The number of benzene rings is 1. The lowest BCUT2D eigenvalue weighted by molar-refractivity contribution is -0.133. The maximum Gasteiger partial charge on any atom is 0.219 e. The van der Waals surface area contributed by atoms with E-state index in [4.69, 9.17) is 4.74 Å². The van der Waals surface area contributed by atoms with Gasteiger partial charge in [-0.2, -0.15) is 0 Å². The number of nitrogens with zero attached hydrogens (tertiary/aromatic N) is 2. The van der Waals surface area contributed by atoms with Crippen molar-refractivity contribution < 1.29 is 9.53 Å². The molecule has 4 heteroatoms. The highest BCUT2D eigenvalue weighted by molar-refractivity contribution is 5.73. The van der Waals surface area contributed by atoms with Gasteiger partial charge in [0, 0.05) is 43.2 Å². The Morgan fingerprint density at radius 2 is 2.11 bits per heavy atom. The van der Waals surface area contributed by atoms with Crippen molar-refractivity contribution in [3.8, 4) is 5.75 Å². The molecule has 148 valence electrons. The van der Waals surface area contributed by atoms with Crippen molar-refractivity contribution in [3.05, 3.63) is 41.6 Å². The van der Waals surface area contributed by atoms with Crippen LogP contribution in [0.3, 0.4) is 0 Å². The Hall–Kier alpha value is -1.97. The molecule has 0 saturated carbocycles. The smallest absolute Gasteiger partial charge is 0.219 e. The van der Waals surface area contributed by atoms with Gasteiger partial charge in [0.15, 0.2) is 0 Å². The summed E-state index contributed by atoms with van der Waals surface area (Å²) >= 11 is 0. The molecular weight excluding hydrogens is 336 g/mol. The molecule has 4 nitrogen and oxygen atoms in total. The van der Waals surface area contributed by atoms with Crippen molar-refractivity contribution in [1.82, 2.24) is 9.80 Å². The first kappa shape index (κ1) is 19.8. The fraction of sp³-hybridized carbons (Fsp3) is 0.609. The van der Waals surface area contributed by atoms with Gasteiger partial charge >= 0.3 is 0 Å². The normalized spacial score (nSPS) is 24.0. The summed E-state index contributed by atoms with van der Waals surface area (Å²) in [5.74, 6) is 1.24. The van der Waals surface area contributed by atoms with E-state index in [2.05, 4.69) is 64.3 Å². The second-order valence-electron chi connectivity index (χ2n) is 8.93. The monoisotopic (exact) mass is 370 g/mol. The van der Waals surface area contributed by atoms with E-state index in [1.54, 1.807) is 6.92 Å². The second-order valence-corrected chi connectivity index (χ2v) is 8.93. The predicted octanol–water partition coefficient (Wildman–Crippen LogP) is 4.69. The molecule has 0 bridgehead atoms. The summed E-state index contributed by atoms with van der Waals surface area (Å²) in [5.41, 5.74) is 3.29. The molecule has 2 atom stereocenters. The zero-order valence-electron chi connectivity index (χ0n) is 17.7. The highest BCUT2D eigenvalue weighted by atomic mass is 16.5. The fourth-order valence-corrected chi connectivity index (χ4v) is 4.66. The molecule has 3 rings (SSSR count). The quantitative estimate of drug-likeness (QED) is 0.771. The Kier molecular flexibility index (Phi) is 5.29. The number of rotatable bonds is 4. The summed E-state index contributed by atoms with van der Waals surface area (Å²) in [6, 6.07) is 6.81. The minimum atomic E-state index is -0.377. The van der Waals surface area contributed by atoms with Gasteiger partial charge in [0.1, 0.15) is 11.4 Å². The van der Waals surface area contributed by atoms with Gasteiger partial charge in [0.25, 0.3) is 0 Å². The van der Waals surface area contributed by atoms with Crippen molar-refractivity contribution in [1.29, 1.82) is 0 Å². The van der Waals surface area contributed by atoms with Gasteiger partial charge in [-0.3, -0.25) is 4.79 Å². The van der Waals surface area contributed by atoms with Gasteiger partial charge in [0.05, 0.1) is 6.04 Å². The number of allylic oxidation sites excluding steroid dienone is 1. The number of hydrogen-bond donors (Lipinski definition) is 0. The van der Waals surface area contributed by atoms with E-state index in [0.717, 1.165) is 25.1 Å². The summed E-state index contributed by atoms with van der Waals surface area (Å²) in [6.45, 7) is 18.3. The van der Waals surface area contributed by atoms with Crippen LogP contribution in [0.15, 0.2) is 30.5 Å². The predicted molar refractivity (Wildman–Crippen MR) is 110 cm³/mol. The standard InChI is InChI=1S/C23H34N2O2/c1-15(2)25(18(5)26)14-20-22(24-12-8-9-17(24)4)19-13-16(3)10-11-21(19)27-23(20,6)7/h10-11,13,15,20,22H,4,8-9,12,14H2,1-3,5-7H3. The number of ether oxygens (including phenoxy) is 1. The maximum atomic E-state index is 12.3.